The maximum atomic E-state index is 9.60. The van der Waals surface area contributed by atoms with Crippen LogP contribution in [0.1, 0.15) is 27.8 Å². The third-order valence-corrected chi connectivity index (χ3v) is 12.1. The predicted octanol–water partition coefficient (Wildman–Crippen LogP) is 13.6. The maximum Gasteiger partial charge on any atom is 0.164 e. The molecule has 1 heterocycles. The molecule has 0 fully saturated rings. The lowest BCUT2D eigenvalue weighted by Gasteiger charge is -2.34. The molecule has 4 heteroatoms. The van der Waals surface area contributed by atoms with Crippen LogP contribution in [-0.4, -0.2) is 15.0 Å². The molecular formula is C57H36N4. The minimum Gasteiger partial charge on any atom is -0.208 e. The van der Waals surface area contributed by atoms with Gasteiger partial charge in [-0.15, -0.1) is 0 Å². The standard InChI is InChI=1S/C57H36N4/c58-37-38-24-26-41(27-25-38)50-36-52-53(48-21-11-10-20-47(48)50)49-22-12-13-23-51(49)57(52,45-18-8-3-9-19-45)46-34-32-40(33-35-46)39-28-30-44(31-29-39)56-60-54(42-14-4-1-5-15-42)59-55(61-56)43-16-6-2-7-17-43/h1-36H. The number of aromatic nitrogens is 3. The highest BCUT2D eigenvalue weighted by Crippen LogP contribution is 2.59. The summed E-state index contributed by atoms with van der Waals surface area (Å²) in [5.74, 6) is 1.91. The first kappa shape index (κ1) is 35.9. The zero-order valence-electron chi connectivity index (χ0n) is 33.1. The van der Waals surface area contributed by atoms with Gasteiger partial charge in [0.1, 0.15) is 0 Å². The van der Waals surface area contributed by atoms with Crippen molar-refractivity contribution in [2.24, 2.45) is 0 Å². The monoisotopic (exact) mass is 776 g/mol. The van der Waals surface area contributed by atoms with Crippen molar-refractivity contribution in [3.63, 3.8) is 0 Å². The van der Waals surface area contributed by atoms with E-state index in [2.05, 4.69) is 152 Å². The van der Waals surface area contributed by atoms with Crippen LogP contribution in [0.25, 0.3) is 78.3 Å². The molecule has 1 aliphatic rings. The average molecular weight is 777 g/mol. The highest BCUT2D eigenvalue weighted by atomic mass is 15.0. The summed E-state index contributed by atoms with van der Waals surface area (Å²) >= 11 is 0. The van der Waals surface area contributed by atoms with Crippen LogP contribution < -0.4 is 0 Å². The van der Waals surface area contributed by atoms with E-state index in [-0.39, 0.29) is 0 Å². The summed E-state index contributed by atoms with van der Waals surface area (Å²) in [4.78, 5) is 14.8. The van der Waals surface area contributed by atoms with Crippen LogP contribution in [0.2, 0.25) is 0 Å². The van der Waals surface area contributed by atoms with Crippen molar-refractivity contribution in [2.75, 3.05) is 0 Å². The molecule has 0 N–H and O–H groups in total. The first-order valence-electron chi connectivity index (χ1n) is 20.5. The summed E-state index contributed by atoms with van der Waals surface area (Å²) in [6, 6.07) is 79.0. The van der Waals surface area contributed by atoms with Gasteiger partial charge >= 0.3 is 0 Å². The largest absolute Gasteiger partial charge is 0.208 e. The van der Waals surface area contributed by atoms with Gasteiger partial charge in [-0.05, 0) is 84.6 Å². The van der Waals surface area contributed by atoms with Crippen LogP contribution in [0.5, 0.6) is 0 Å². The highest BCUT2D eigenvalue weighted by molar-refractivity contribution is 6.10. The van der Waals surface area contributed by atoms with Gasteiger partial charge in [0.25, 0.3) is 0 Å². The van der Waals surface area contributed by atoms with E-state index < -0.39 is 5.41 Å². The number of benzene rings is 9. The normalized spacial score (nSPS) is 14.0. The Morgan fingerprint density at radius 2 is 0.787 bits per heavy atom. The molecule has 0 amide bonds. The molecule has 0 aliphatic heterocycles. The zero-order valence-corrected chi connectivity index (χ0v) is 33.1. The molecule has 1 atom stereocenters. The third kappa shape index (κ3) is 6.03. The molecule has 61 heavy (non-hydrogen) atoms. The van der Waals surface area contributed by atoms with Crippen molar-refractivity contribution < 1.29 is 0 Å². The van der Waals surface area contributed by atoms with Gasteiger partial charge in [0, 0.05) is 16.7 Å². The lowest BCUT2D eigenvalue weighted by molar-refractivity contribution is 0.769. The lowest BCUT2D eigenvalue weighted by Crippen LogP contribution is -2.28. The van der Waals surface area contributed by atoms with Gasteiger partial charge in [-0.2, -0.15) is 5.26 Å². The molecule has 10 aromatic rings. The van der Waals surface area contributed by atoms with Gasteiger partial charge in [0.15, 0.2) is 17.5 Å². The number of nitrogens with zero attached hydrogens (tertiary/aromatic N) is 4. The van der Waals surface area contributed by atoms with Crippen molar-refractivity contribution in [3.05, 3.63) is 246 Å². The predicted molar refractivity (Wildman–Crippen MR) is 247 cm³/mol. The van der Waals surface area contributed by atoms with Crippen molar-refractivity contribution in [2.45, 2.75) is 5.41 Å². The third-order valence-electron chi connectivity index (χ3n) is 12.1. The SMILES string of the molecule is N#Cc1ccc(-c2cc3c(c4ccccc24)-c2ccccc2C3(c2ccccc2)c2ccc(-c3ccc(-c4nc(-c5ccccc5)nc(-c5ccccc5)n4)cc3)cc2)cc1. The molecule has 1 aromatic heterocycles. The summed E-state index contributed by atoms with van der Waals surface area (Å²) in [5.41, 5.74) is 14.7. The summed E-state index contributed by atoms with van der Waals surface area (Å²) in [7, 11) is 0. The molecule has 0 saturated heterocycles. The van der Waals surface area contributed by atoms with Gasteiger partial charge in [-0.3, -0.25) is 0 Å². The van der Waals surface area contributed by atoms with Gasteiger partial charge < -0.3 is 0 Å². The van der Waals surface area contributed by atoms with Crippen LogP contribution in [0.15, 0.2) is 218 Å². The molecular weight excluding hydrogens is 741 g/mol. The summed E-state index contributed by atoms with van der Waals surface area (Å²) in [6.07, 6.45) is 0. The van der Waals surface area contributed by atoms with Crippen LogP contribution in [0, 0.1) is 11.3 Å². The van der Waals surface area contributed by atoms with E-state index in [9.17, 15) is 5.26 Å². The smallest absolute Gasteiger partial charge is 0.164 e. The fourth-order valence-corrected chi connectivity index (χ4v) is 9.24. The number of rotatable bonds is 7. The van der Waals surface area contributed by atoms with Crippen molar-refractivity contribution in [1.82, 2.24) is 15.0 Å². The molecule has 0 radical (unpaired) electrons. The van der Waals surface area contributed by atoms with Crippen LogP contribution in [0.4, 0.5) is 0 Å². The van der Waals surface area contributed by atoms with Gasteiger partial charge in [-0.25, -0.2) is 15.0 Å². The average Bonchev–Trinajstić information content (AvgIpc) is 3.65. The Morgan fingerprint density at radius 3 is 1.38 bits per heavy atom. The fraction of sp³-hybridized carbons (Fsp3) is 0.0175. The second-order valence-corrected chi connectivity index (χ2v) is 15.4. The second kappa shape index (κ2) is 14.8. The Balaban J connectivity index is 1.04. The maximum absolute atomic E-state index is 9.60. The molecule has 0 saturated carbocycles. The minimum atomic E-state index is -0.591. The first-order valence-corrected chi connectivity index (χ1v) is 20.5. The molecule has 1 aliphatic carbocycles. The van der Waals surface area contributed by atoms with E-state index in [0.717, 1.165) is 38.9 Å². The Morgan fingerprint density at radius 1 is 0.344 bits per heavy atom. The molecule has 4 nitrogen and oxygen atoms in total. The van der Waals surface area contributed by atoms with E-state index in [0.29, 0.717) is 23.0 Å². The van der Waals surface area contributed by atoms with Gasteiger partial charge in [-0.1, -0.05) is 200 Å². The van der Waals surface area contributed by atoms with E-state index in [1.54, 1.807) is 0 Å². The highest BCUT2D eigenvalue weighted by Gasteiger charge is 2.47. The summed E-state index contributed by atoms with van der Waals surface area (Å²) in [5, 5.41) is 12.0. The van der Waals surface area contributed by atoms with E-state index in [1.807, 2.05) is 72.8 Å². The van der Waals surface area contributed by atoms with E-state index in [4.69, 9.17) is 15.0 Å². The number of nitriles is 1. The molecule has 11 rings (SSSR count). The first-order chi connectivity index (χ1) is 30.2. The quantitative estimate of drug-likeness (QED) is 0.162. The molecule has 284 valence electrons. The Kier molecular flexibility index (Phi) is 8.73. The zero-order chi connectivity index (χ0) is 40.8. The van der Waals surface area contributed by atoms with Crippen LogP contribution in [-0.2, 0) is 5.41 Å². The minimum absolute atomic E-state index is 0.591. The summed E-state index contributed by atoms with van der Waals surface area (Å²) in [6.45, 7) is 0. The number of hydrogen-bond donors (Lipinski definition) is 0. The van der Waals surface area contributed by atoms with Crippen molar-refractivity contribution >= 4 is 10.8 Å². The topological polar surface area (TPSA) is 62.5 Å². The van der Waals surface area contributed by atoms with Crippen LogP contribution in [0.3, 0.4) is 0 Å². The fourth-order valence-electron chi connectivity index (χ4n) is 9.24. The number of fused-ring (bicyclic) bond motifs is 5. The summed E-state index contributed by atoms with van der Waals surface area (Å²) < 4.78 is 0. The Bertz CT molecular complexity index is 3210. The van der Waals surface area contributed by atoms with Crippen LogP contribution >= 0.6 is 0 Å². The Hall–Kier alpha value is -8.26. The van der Waals surface area contributed by atoms with Gasteiger partial charge in [0.05, 0.1) is 17.0 Å². The Labute approximate surface area is 354 Å². The molecule has 0 bridgehead atoms. The van der Waals surface area contributed by atoms with E-state index >= 15 is 0 Å². The van der Waals surface area contributed by atoms with Crippen molar-refractivity contribution in [1.29, 1.82) is 5.26 Å². The molecule has 9 aromatic carbocycles. The van der Waals surface area contributed by atoms with E-state index in [1.165, 1.54) is 44.2 Å². The van der Waals surface area contributed by atoms with Crippen molar-refractivity contribution in [3.8, 4) is 73.6 Å². The lowest BCUT2D eigenvalue weighted by atomic mass is 9.67. The number of hydrogen-bond acceptors (Lipinski definition) is 4. The second-order valence-electron chi connectivity index (χ2n) is 15.4. The molecule has 0 spiro atoms. The molecule has 1 unspecified atom stereocenters. The van der Waals surface area contributed by atoms with Gasteiger partial charge in [0.2, 0.25) is 0 Å².